The Morgan fingerprint density at radius 1 is 1.38 bits per heavy atom. The Balaban J connectivity index is 1.98. The van der Waals surface area contributed by atoms with E-state index in [4.69, 9.17) is 11.6 Å². The first-order chi connectivity index (χ1) is 7.66. The van der Waals surface area contributed by atoms with Crippen LogP contribution in [0.5, 0.6) is 0 Å². The SMILES string of the molecule is CN(Cc1ccc(Cl)cc1)C1CCCC1=O. The first-order valence-electron chi connectivity index (χ1n) is 5.64. The van der Waals surface area contributed by atoms with Gasteiger partial charge in [-0.05, 0) is 37.6 Å². The van der Waals surface area contributed by atoms with Crippen molar-refractivity contribution in [3.05, 3.63) is 34.9 Å². The van der Waals surface area contributed by atoms with Gasteiger partial charge in [-0.3, -0.25) is 9.69 Å². The van der Waals surface area contributed by atoms with Crippen LogP contribution in [0.25, 0.3) is 0 Å². The van der Waals surface area contributed by atoms with Gasteiger partial charge in [-0.1, -0.05) is 23.7 Å². The Morgan fingerprint density at radius 2 is 2.06 bits per heavy atom. The molecule has 1 unspecified atom stereocenters. The monoisotopic (exact) mass is 237 g/mol. The van der Waals surface area contributed by atoms with Gasteiger partial charge in [0.15, 0.2) is 0 Å². The van der Waals surface area contributed by atoms with Crippen LogP contribution < -0.4 is 0 Å². The molecule has 1 aromatic rings. The second-order valence-corrected chi connectivity index (χ2v) is 4.85. The summed E-state index contributed by atoms with van der Waals surface area (Å²) in [5, 5.41) is 0.753. The quantitative estimate of drug-likeness (QED) is 0.806. The van der Waals surface area contributed by atoms with E-state index in [-0.39, 0.29) is 6.04 Å². The van der Waals surface area contributed by atoms with Crippen LogP contribution in [0.2, 0.25) is 5.02 Å². The first-order valence-corrected chi connectivity index (χ1v) is 6.02. The molecule has 16 heavy (non-hydrogen) atoms. The van der Waals surface area contributed by atoms with Crippen LogP contribution in [0.3, 0.4) is 0 Å². The number of carbonyl (C=O) groups excluding carboxylic acids is 1. The Kier molecular flexibility index (Phi) is 3.62. The lowest BCUT2D eigenvalue weighted by Gasteiger charge is -2.22. The molecule has 1 atom stereocenters. The van der Waals surface area contributed by atoms with E-state index in [2.05, 4.69) is 4.90 Å². The van der Waals surface area contributed by atoms with E-state index in [1.807, 2.05) is 31.3 Å². The fourth-order valence-electron chi connectivity index (χ4n) is 2.25. The number of nitrogens with zero attached hydrogens (tertiary/aromatic N) is 1. The van der Waals surface area contributed by atoms with Crippen LogP contribution in [0.1, 0.15) is 24.8 Å². The molecule has 1 fully saturated rings. The van der Waals surface area contributed by atoms with Gasteiger partial charge in [0.1, 0.15) is 5.78 Å². The average molecular weight is 238 g/mol. The van der Waals surface area contributed by atoms with Crippen molar-refractivity contribution in [1.82, 2.24) is 4.90 Å². The summed E-state index contributed by atoms with van der Waals surface area (Å²) in [4.78, 5) is 13.7. The molecule has 0 amide bonds. The molecule has 0 bridgehead atoms. The van der Waals surface area contributed by atoms with E-state index >= 15 is 0 Å². The standard InChI is InChI=1S/C13H16ClNO/c1-15(12-3-2-4-13(12)16)9-10-5-7-11(14)8-6-10/h5-8,12H,2-4,9H2,1H3. The summed E-state index contributed by atoms with van der Waals surface area (Å²) in [7, 11) is 2.02. The van der Waals surface area contributed by atoms with Crippen molar-refractivity contribution in [2.24, 2.45) is 0 Å². The highest BCUT2D eigenvalue weighted by Gasteiger charge is 2.27. The summed E-state index contributed by atoms with van der Waals surface area (Å²) in [6, 6.07) is 7.93. The number of benzene rings is 1. The number of hydrogen-bond acceptors (Lipinski definition) is 2. The molecule has 86 valence electrons. The van der Waals surface area contributed by atoms with Crippen molar-refractivity contribution >= 4 is 17.4 Å². The smallest absolute Gasteiger partial charge is 0.149 e. The predicted octanol–water partition coefficient (Wildman–Crippen LogP) is 2.89. The third-order valence-electron chi connectivity index (χ3n) is 3.15. The fourth-order valence-corrected chi connectivity index (χ4v) is 2.38. The van der Waals surface area contributed by atoms with Crippen LogP contribution in [0.4, 0.5) is 0 Å². The molecule has 3 heteroatoms. The topological polar surface area (TPSA) is 20.3 Å². The highest BCUT2D eigenvalue weighted by atomic mass is 35.5. The zero-order valence-corrected chi connectivity index (χ0v) is 10.2. The largest absolute Gasteiger partial charge is 0.298 e. The van der Waals surface area contributed by atoms with E-state index in [1.165, 1.54) is 5.56 Å². The van der Waals surface area contributed by atoms with Crippen LogP contribution >= 0.6 is 11.6 Å². The maximum absolute atomic E-state index is 11.6. The molecule has 0 saturated heterocycles. The summed E-state index contributed by atoms with van der Waals surface area (Å²) in [6.07, 6.45) is 2.78. The van der Waals surface area contributed by atoms with Gasteiger partial charge in [-0.25, -0.2) is 0 Å². The van der Waals surface area contributed by atoms with Crippen LogP contribution in [0, 0.1) is 0 Å². The third-order valence-corrected chi connectivity index (χ3v) is 3.40. The van der Waals surface area contributed by atoms with Crippen LogP contribution in [0.15, 0.2) is 24.3 Å². The van der Waals surface area contributed by atoms with E-state index in [9.17, 15) is 4.79 Å². The van der Waals surface area contributed by atoms with Gasteiger partial charge < -0.3 is 0 Å². The molecule has 2 nitrogen and oxygen atoms in total. The number of carbonyl (C=O) groups is 1. The maximum Gasteiger partial charge on any atom is 0.149 e. The van der Waals surface area contributed by atoms with Gasteiger partial charge in [-0.2, -0.15) is 0 Å². The normalized spacial score (nSPS) is 20.7. The Bertz CT molecular complexity index is 374. The summed E-state index contributed by atoms with van der Waals surface area (Å²) in [5.74, 6) is 0.386. The van der Waals surface area contributed by atoms with Gasteiger partial charge in [0.2, 0.25) is 0 Å². The van der Waals surface area contributed by atoms with E-state index < -0.39 is 0 Å². The molecule has 1 aliphatic carbocycles. The molecule has 0 N–H and O–H groups in total. The minimum absolute atomic E-state index is 0.121. The summed E-state index contributed by atoms with van der Waals surface area (Å²) >= 11 is 5.83. The lowest BCUT2D eigenvalue weighted by atomic mass is 10.1. The Labute approximate surface area is 101 Å². The molecule has 0 spiro atoms. The molecular formula is C13H16ClNO. The second kappa shape index (κ2) is 4.98. The van der Waals surface area contributed by atoms with Gasteiger partial charge in [-0.15, -0.1) is 0 Å². The molecule has 1 aromatic carbocycles. The fraction of sp³-hybridized carbons (Fsp3) is 0.462. The molecule has 2 rings (SSSR count). The van der Waals surface area contributed by atoms with Crippen molar-refractivity contribution in [2.75, 3.05) is 7.05 Å². The van der Waals surface area contributed by atoms with Crippen LogP contribution in [-0.4, -0.2) is 23.8 Å². The lowest BCUT2D eigenvalue weighted by molar-refractivity contribution is -0.121. The minimum atomic E-state index is 0.121. The van der Waals surface area contributed by atoms with Crippen molar-refractivity contribution in [3.63, 3.8) is 0 Å². The highest BCUT2D eigenvalue weighted by Crippen LogP contribution is 2.21. The lowest BCUT2D eigenvalue weighted by Crippen LogP contribution is -2.34. The van der Waals surface area contributed by atoms with Gasteiger partial charge in [0, 0.05) is 18.0 Å². The number of likely N-dealkylation sites (N-methyl/N-ethyl adjacent to an activating group) is 1. The van der Waals surface area contributed by atoms with Crippen molar-refractivity contribution < 1.29 is 4.79 Å². The van der Waals surface area contributed by atoms with E-state index in [1.54, 1.807) is 0 Å². The third kappa shape index (κ3) is 2.63. The number of ketones is 1. The summed E-state index contributed by atoms with van der Waals surface area (Å²) in [5.41, 5.74) is 1.20. The molecule has 0 aliphatic heterocycles. The number of rotatable bonds is 3. The predicted molar refractivity (Wildman–Crippen MR) is 65.6 cm³/mol. The zero-order valence-electron chi connectivity index (χ0n) is 9.45. The molecule has 1 saturated carbocycles. The number of halogens is 1. The maximum atomic E-state index is 11.6. The molecular weight excluding hydrogens is 222 g/mol. The average Bonchev–Trinajstić information content (AvgIpc) is 2.68. The highest BCUT2D eigenvalue weighted by molar-refractivity contribution is 6.30. The van der Waals surface area contributed by atoms with Crippen molar-refractivity contribution in [1.29, 1.82) is 0 Å². The molecule has 0 radical (unpaired) electrons. The second-order valence-electron chi connectivity index (χ2n) is 4.42. The Hall–Kier alpha value is -0.860. The zero-order chi connectivity index (χ0) is 11.5. The van der Waals surface area contributed by atoms with Gasteiger partial charge in [0.25, 0.3) is 0 Å². The number of hydrogen-bond donors (Lipinski definition) is 0. The Morgan fingerprint density at radius 3 is 2.62 bits per heavy atom. The molecule has 1 aliphatic rings. The summed E-state index contributed by atoms with van der Waals surface area (Å²) < 4.78 is 0. The van der Waals surface area contributed by atoms with Crippen molar-refractivity contribution in [3.8, 4) is 0 Å². The summed E-state index contributed by atoms with van der Waals surface area (Å²) in [6.45, 7) is 0.813. The first kappa shape index (κ1) is 11.6. The molecule has 0 heterocycles. The molecule has 0 aromatic heterocycles. The van der Waals surface area contributed by atoms with E-state index in [0.29, 0.717) is 5.78 Å². The van der Waals surface area contributed by atoms with Gasteiger partial charge in [0.05, 0.1) is 6.04 Å². The van der Waals surface area contributed by atoms with Crippen LogP contribution in [-0.2, 0) is 11.3 Å². The minimum Gasteiger partial charge on any atom is -0.298 e. The van der Waals surface area contributed by atoms with Gasteiger partial charge >= 0.3 is 0 Å². The number of Topliss-reactive ketones (excluding diaryl/α,β-unsaturated/α-hetero) is 1. The van der Waals surface area contributed by atoms with Crippen molar-refractivity contribution in [2.45, 2.75) is 31.8 Å². The van der Waals surface area contributed by atoms with E-state index in [0.717, 1.165) is 30.8 Å².